The zero-order valence-electron chi connectivity index (χ0n) is 12.6. The van der Waals surface area contributed by atoms with Crippen molar-refractivity contribution in [1.29, 1.82) is 0 Å². The van der Waals surface area contributed by atoms with E-state index in [9.17, 15) is 9.18 Å². The summed E-state index contributed by atoms with van der Waals surface area (Å²) in [6.45, 7) is 4.12. The van der Waals surface area contributed by atoms with Gasteiger partial charge in [-0.05, 0) is 18.6 Å². The summed E-state index contributed by atoms with van der Waals surface area (Å²) in [4.78, 5) is 16.2. The van der Waals surface area contributed by atoms with Gasteiger partial charge >= 0.3 is 0 Å². The highest BCUT2D eigenvalue weighted by atomic mass is 19.1. The number of aliphatic hydroxyl groups is 1. The Morgan fingerprint density at radius 1 is 1.41 bits per heavy atom. The first-order valence-corrected chi connectivity index (χ1v) is 7.15. The molecule has 0 aliphatic carbocycles. The average Bonchev–Trinajstić information content (AvgIpc) is 2.93. The van der Waals surface area contributed by atoms with E-state index in [2.05, 4.69) is 15.4 Å². The number of amides is 1. The fourth-order valence-electron chi connectivity index (χ4n) is 1.95. The summed E-state index contributed by atoms with van der Waals surface area (Å²) in [6.07, 6.45) is 0.455. The molecule has 0 aliphatic rings. The number of aromatic nitrogens is 3. The van der Waals surface area contributed by atoms with Crippen LogP contribution in [0.2, 0.25) is 0 Å². The van der Waals surface area contributed by atoms with E-state index in [4.69, 9.17) is 5.11 Å². The van der Waals surface area contributed by atoms with Crippen LogP contribution in [-0.2, 0) is 0 Å². The molecule has 0 aliphatic heterocycles. The van der Waals surface area contributed by atoms with Gasteiger partial charge in [-0.25, -0.2) is 14.1 Å². The maximum atomic E-state index is 14.0. The van der Waals surface area contributed by atoms with Crippen molar-refractivity contribution in [2.45, 2.75) is 26.2 Å². The summed E-state index contributed by atoms with van der Waals surface area (Å²) in [6, 6.07) is 6.21. The molecule has 0 unspecified atom stereocenters. The van der Waals surface area contributed by atoms with Crippen LogP contribution < -0.4 is 5.32 Å². The van der Waals surface area contributed by atoms with Crippen LogP contribution >= 0.6 is 0 Å². The third kappa shape index (κ3) is 3.48. The number of hydrogen-bond acceptors (Lipinski definition) is 4. The molecule has 0 fully saturated rings. The Morgan fingerprint density at radius 2 is 2.14 bits per heavy atom. The van der Waals surface area contributed by atoms with Crippen molar-refractivity contribution in [2.24, 2.45) is 0 Å². The Morgan fingerprint density at radius 3 is 2.77 bits per heavy atom. The van der Waals surface area contributed by atoms with Crippen molar-refractivity contribution in [3.8, 4) is 5.69 Å². The number of carbonyl (C=O) groups is 1. The summed E-state index contributed by atoms with van der Waals surface area (Å²) in [5.41, 5.74) is 0.258. The zero-order chi connectivity index (χ0) is 16.1. The highest BCUT2D eigenvalue weighted by Crippen LogP contribution is 2.19. The molecule has 22 heavy (non-hydrogen) atoms. The van der Waals surface area contributed by atoms with E-state index in [1.54, 1.807) is 18.2 Å². The maximum Gasteiger partial charge on any atom is 0.290 e. The average molecular weight is 306 g/mol. The van der Waals surface area contributed by atoms with Gasteiger partial charge in [-0.3, -0.25) is 4.79 Å². The second kappa shape index (κ2) is 7.13. The standard InChI is InChI=1S/C15H19FN4O2/c1-10(2)14-18-13(15(22)17-8-5-9-21)19-20(14)12-7-4-3-6-11(12)16/h3-4,6-7,10,21H,5,8-9H2,1-2H3,(H,17,22). The van der Waals surface area contributed by atoms with Gasteiger partial charge in [-0.2, -0.15) is 0 Å². The number of nitrogens with one attached hydrogen (secondary N) is 1. The highest BCUT2D eigenvalue weighted by Gasteiger charge is 2.20. The van der Waals surface area contributed by atoms with E-state index in [1.165, 1.54) is 10.7 Å². The van der Waals surface area contributed by atoms with Crippen LogP contribution in [-0.4, -0.2) is 38.9 Å². The Labute approximate surface area is 128 Å². The third-order valence-electron chi connectivity index (χ3n) is 3.05. The van der Waals surface area contributed by atoms with Crippen molar-refractivity contribution in [2.75, 3.05) is 13.2 Å². The highest BCUT2D eigenvalue weighted by molar-refractivity contribution is 5.90. The van der Waals surface area contributed by atoms with Crippen LogP contribution in [0.15, 0.2) is 24.3 Å². The van der Waals surface area contributed by atoms with Crippen LogP contribution in [0.25, 0.3) is 5.69 Å². The second-order valence-corrected chi connectivity index (χ2v) is 5.14. The summed E-state index contributed by atoms with van der Waals surface area (Å²) in [5, 5.41) is 15.5. The number of rotatable bonds is 6. The van der Waals surface area contributed by atoms with Crippen molar-refractivity contribution < 1.29 is 14.3 Å². The van der Waals surface area contributed by atoms with Crippen LogP contribution in [0.1, 0.15) is 42.6 Å². The molecule has 118 valence electrons. The molecule has 0 radical (unpaired) electrons. The molecular formula is C15H19FN4O2. The predicted octanol–water partition coefficient (Wildman–Crippen LogP) is 1.64. The Kier molecular flexibility index (Phi) is 5.21. The minimum absolute atomic E-state index is 0.00534. The van der Waals surface area contributed by atoms with Gasteiger partial charge in [0.15, 0.2) is 0 Å². The molecule has 7 heteroatoms. The summed E-state index contributed by atoms with van der Waals surface area (Å²) in [5.74, 6) is -0.389. The molecule has 2 rings (SSSR count). The van der Waals surface area contributed by atoms with E-state index in [-0.39, 0.29) is 24.0 Å². The van der Waals surface area contributed by atoms with Crippen molar-refractivity contribution in [1.82, 2.24) is 20.1 Å². The lowest BCUT2D eigenvalue weighted by atomic mass is 10.2. The quantitative estimate of drug-likeness (QED) is 0.795. The smallest absolute Gasteiger partial charge is 0.290 e. The molecule has 2 aromatic rings. The van der Waals surface area contributed by atoms with E-state index in [1.807, 2.05) is 13.8 Å². The fraction of sp³-hybridized carbons (Fsp3) is 0.400. The Hall–Kier alpha value is -2.28. The minimum Gasteiger partial charge on any atom is -0.396 e. The number of carbonyl (C=O) groups excluding carboxylic acids is 1. The molecule has 6 nitrogen and oxygen atoms in total. The predicted molar refractivity (Wildman–Crippen MR) is 79.4 cm³/mol. The first-order valence-electron chi connectivity index (χ1n) is 7.15. The SMILES string of the molecule is CC(C)c1nc(C(=O)NCCCO)nn1-c1ccccc1F. The lowest BCUT2D eigenvalue weighted by Crippen LogP contribution is -2.26. The normalized spacial score (nSPS) is 11.0. The molecular weight excluding hydrogens is 287 g/mol. The first kappa shape index (κ1) is 16.1. The summed E-state index contributed by atoms with van der Waals surface area (Å²) in [7, 11) is 0. The molecule has 1 heterocycles. The molecule has 0 saturated carbocycles. The van der Waals surface area contributed by atoms with Gasteiger partial charge in [-0.1, -0.05) is 26.0 Å². The van der Waals surface area contributed by atoms with E-state index in [0.717, 1.165) is 0 Å². The number of benzene rings is 1. The summed E-state index contributed by atoms with van der Waals surface area (Å²) < 4.78 is 15.3. The molecule has 0 bridgehead atoms. The first-order chi connectivity index (χ1) is 10.5. The van der Waals surface area contributed by atoms with Gasteiger partial charge in [0, 0.05) is 19.1 Å². The van der Waals surface area contributed by atoms with Gasteiger partial charge < -0.3 is 10.4 Å². The number of para-hydroxylation sites is 1. The van der Waals surface area contributed by atoms with Crippen LogP contribution in [0.3, 0.4) is 0 Å². The molecule has 0 atom stereocenters. The largest absolute Gasteiger partial charge is 0.396 e. The number of hydrogen-bond donors (Lipinski definition) is 2. The molecule has 2 N–H and O–H groups in total. The molecule has 0 saturated heterocycles. The molecule has 1 amide bonds. The van der Waals surface area contributed by atoms with Gasteiger partial charge in [0.2, 0.25) is 5.82 Å². The zero-order valence-corrected chi connectivity index (χ0v) is 12.6. The van der Waals surface area contributed by atoms with Crippen molar-refractivity contribution >= 4 is 5.91 Å². The van der Waals surface area contributed by atoms with Crippen molar-refractivity contribution in [3.63, 3.8) is 0 Å². The Balaban J connectivity index is 2.34. The minimum atomic E-state index is -0.439. The van der Waals surface area contributed by atoms with Crippen LogP contribution in [0, 0.1) is 5.82 Å². The van der Waals surface area contributed by atoms with Crippen molar-refractivity contribution in [3.05, 3.63) is 41.7 Å². The molecule has 1 aromatic carbocycles. The van der Waals surface area contributed by atoms with E-state index in [0.29, 0.717) is 18.8 Å². The third-order valence-corrected chi connectivity index (χ3v) is 3.05. The second-order valence-electron chi connectivity index (χ2n) is 5.14. The molecule has 0 spiro atoms. The lowest BCUT2D eigenvalue weighted by Gasteiger charge is -2.08. The fourth-order valence-corrected chi connectivity index (χ4v) is 1.95. The van der Waals surface area contributed by atoms with Gasteiger partial charge in [0.05, 0.1) is 0 Å². The number of aliphatic hydroxyl groups excluding tert-OH is 1. The van der Waals surface area contributed by atoms with Gasteiger partial charge in [0.25, 0.3) is 5.91 Å². The van der Waals surface area contributed by atoms with E-state index < -0.39 is 11.7 Å². The van der Waals surface area contributed by atoms with Crippen LogP contribution in [0.5, 0.6) is 0 Å². The lowest BCUT2D eigenvalue weighted by molar-refractivity contribution is 0.0940. The van der Waals surface area contributed by atoms with Gasteiger partial charge in [0.1, 0.15) is 17.3 Å². The van der Waals surface area contributed by atoms with Gasteiger partial charge in [-0.15, -0.1) is 5.10 Å². The van der Waals surface area contributed by atoms with E-state index >= 15 is 0 Å². The number of nitrogens with zero attached hydrogens (tertiary/aromatic N) is 3. The summed E-state index contributed by atoms with van der Waals surface area (Å²) >= 11 is 0. The monoisotopic (exact) mass is 306 g/mol. The van der Waals surface area contributed by atoms with Crippen LogP contribution in [0.4, 0.5) is 4.39 Å². The Bertz CT molecular complexity index is 655. The maximum absolute atomic E-state index is 14.0. The topological polar surface area (TPSA) is 80.0 Å². The number of halogens is 1. The molecule has 1 aromatic heterocycles.